The smallest absolute Gasteiger partial charge is 1.00 e. The van der Waals surface area contributed by atoms with Crippen LogP contribution in [-0.4, -0.2) is 0 Å². The Balaban J connectivity index is 0.000000289. The molecule has 0 saturated carbocycles. The second-order valence-corrected chi connectivity index (χ2v) is 11.6. The summed E-state index contributed by atoms with van der Waals surface area (Å²) in [5, 5.41) is 17.1. The van der Waals surface area contributed by atoms with Crippen LogP contribution in [0.25, 0.3) is 21.5 Å². The molecule has 38 heavy (non-hydrogen) atoms. The molecule has 4 aromatic carbocycles. The normalized spacial score (nSPS) is 12.2. The van der Waals surface area contributed by atoms with Crippen LogP contribution in [0.15, 0.2) is 102 Å². The minimum Gasteiger partial charge on any atom is -1.00 e. The van der Waals surface area contributed by atoms with Crippen molar-refractivity contribution < 1.29 is 43.7 Å². The zero-order valence-corrected chi connectivity index (χ0v) is 27.2. The first-order chi connectivity index (χ1) is 16.9. The van der Waals surface area contributed by atoms with Crippen molar-refractivity contribution in [3.63, 3.8) is 0 Å². The zero-order valence-electron chi connectivity index (χ0n) is 23.9. The van der Waals surface area contributed by atoms with Gasteiger partial charge in [-0.05, 0) is 16.4 Å². The van der Waals surface area contributed by atoms with Gasteiger partial charge in [-0.1, -0.05) is 116 Å². The largest absolute Gasteiger partial charge is 2.00 e. The van der Waals surface area contributed by atoms with E-state index in [1.165, 1.54) is 38.3 Å². The topological polar surface area (TPSA) is 23.1 Å². The maximum absolute atomic E-state index is 11.7. The molecule has 1 nitrogen and oxygen atoms in total. The third-order valence-corrected chi connectivity index (χ3v) is 6.31. The summed E-state index contributed by atoms with van der Waals surface area (Å²) in [4.78, 5) is 0. The molecule has 0 N–H and O–H groups in total. The first kappa shape index (κ1) is 33.8. The van der Waals surface area contributed by atoms with E-state index in [1.54, 1.807) is 6.07 Å². The molecule has 0 aromatic heterocycles. The summed E-state index contributed by atoms with van der Waals surface area (Å²) in [5.41, 5.74) is 4.73. The average molecular weight is 602 g/mol. The quantitative estimate of drug-likeness (QED) is 0.216. The molecule has 0 aliphatic heterocycles. The molecular weight excluding hydrogens is 563 g/mol. The van der Waals surface area contributed by atoms with E-state index in [1.807, 2.05) is 18.2 Å². The third-order valence-electron chi connectivity index (χ3n) is 6.31. The van der Waals surface area contributed by atoms with Crippen molar-refractivity contribution >= 4 is 21.5 Å². The number of hydrogen-bond donors (Lipinski definition) is 0. The summed E-state index contributed by atoms with van der Waals surface area (Å²) < 4.78 is 0. The number of halogens is 1. The Labute approximate surface area is 255 Å². The number of allylic oxidation sites excluding steroid dienone is 6. The molecular formula is C35H39ClOZr-2. The van der Waals surface area contributed by atoms with E-state index in [0.29, 0.717) is 0 Å². The number of benzene rings is 3. The van der Waals surface area contributed by atoms with Crippen molar-refractivity contribution in [1.82, 2.24) is 0 Å². The molecule has 0 spiro atoms. The molecule has 0 amide bonds. The SMILES string of the molecule is CC(C)(C)c1ccc([O-])c(C(C)(C)C)c1.CC(C)=C1[C-]=CC=C1.[Cl-].[Zr+2].c1ccc2c(c1)[cH-]c1ccccc12. The van der Waals surface area contributed by atoms with E-state index >= 15 is 0 Å². The van der Waals surface area contributed by atoms with E-state index in [-0.39, 0.29) is 55.2 Å². The second-order valence-electron chi connectivity index (χ2n) is 11.6. The molecule has 198 valence electrons. The Kier molecular flexibility index (Phi) is 12.6. The van der Waals surface area contributed by atoms with Gasteiger partial charge in [-0.2, -0.15) is 23.8 Å². The van der Waals surface area contributed by atoms with Gasteiger partial charge >= 0.3 is 26.2 Å². The number of rotatable bonds is 0. The van der Waals surface area contributed by atoms with Crippen LogP contribution in [0.3, 0.4) is 0 Å². The summed E-state index contributed by atoms with van der Waals surface area (Å²) in [7, 11) is 0. The van der Waals surface area contributed by atoms with Gasteiger partial charge in [-0.3, -0.25) is 0 Å². The molecule has 0 saturated heterocycles. The molecule has 0 fully saturated rings. The molecule has 3 heteroatoms. The summed E-state index contributed by atoms with van der Waals surface area (Å²) in [5.74, 6) is 0.149. The average Bonchev–Trinajstić information content (AvgIpc) is 3.47. The van der Waals surface area contributed by atoms with Crippen molar-refractivity contribution in [1.29, 1.82) is 0 Å². The van der Waals surface area contributed by atoms with E-state index < -0.39 is 0 Å². The molecule has 1 aliphatic carbocycles. The molecule has 1 aliphatic rings. The van der Waals surface area contributed by atoms with E-state index in [4.69, 9.17) is 0 Å². The van der Waals surface area contributed by atoms with Crippen molar-refractivity contribution in [3.05, 3.63) is 119 Å². The van der Waals surface area contributed by atoms with Gasteiger partial charge in [-0.25, -0.2) is 0 Å². The number of fused-ring (bicyclic) bond motifs is 3. The maximum atomic E-state index is 11.7. The predicted molar refractivity (Wildman–Crippen MR) is 156 cm³/mol. The van der Waals surface area contributed by atoms with Crippen LogP contribution in [0.2, 0.25) is 0 Å². The Hall–Kier alpha value is -2.28. The molecule has 0 atom stereocenters. The minimum absolute atomic E-state index is 0. The van der Waals surface area contributed by atoms with Gasteiger partial charge in [0.25, 0.3) is 0 Å². The van der Waals surface area contributed by atoms with Crippen molar-refractivity contribution in [3.8, 4) is 5.75 Å². The minimum atomic E-state index is -0.0711. The Morgan fingerprint density at radius 3 is 1.68 bits per heavy atom. The van der Waals surface area contributed by atoms with E-state index in [9.17, 15) is 5.11 Å². The van der Waals surface area contributed by atoms with Crippen molar-refractivity contribution in [2.45, 2.75) is 66.2 Å². The number of hydrogen-bond acceptors (Lipinski definition) is 1. The van der Waals surface area contributed by atoms with E-state index in [0.717, 1.165) is 5.56 Å². The molecule has 0 bridgehead atoms. The molecule has 5 rings (SSSR count). The van der Waals surface area contributed by atoms with Crippen LogP contribution in [0.5, 0.6) is 5.75 Å². The zero-order chi connectivity index (χ0) is 26.5. The van der Waals surface area contributed by atoms with Crippen molar-refractivity contribution in [2.24, 2.45) is 0 Å². The summed E-state index contributed by atoms with van der Waals surface area (Å²) in [6, 6.07) is 25.0. The Morgan fingerprint density at radius 2 is 1.29 bits per heavy atom. The van der Waals surface area contributed by atoms with Gasteiger partial charge in [0.15, 0.2) is 0 Å². The first-order valence-corrected chi connectivity index (χ1v) is 12.7. The standard InChI is InChI=1S/C14H22O.C13H9.C8H9.ClH.Zr/c1-13(2,3)10-7-8-12(15)11(9-10)14(4,5)6;1-3-7-12-10(5-1)9-11-6-2-4-8-13(11)12;1-7(2)8-5-3-4-6-8;;/h7-9,15H,1-6H3;1-9H;3-5H,1-2H3;1H;/q;2*-1;;+2/p-2. The Bertz CT molecular complexity index is 1350. The molecule has 0 unspecified atom stereocenters. The maximum Gasteiger partial charge on any atom is 2.00 e. The second kappa shape index (κ2) is 14.2. The first-order valence-electron chi connectivity index (χ1n) is 12.7. The van der Waals surface area contributed by atoms with Crippen LogP contribution in [0, 0.1) is 6.08 Å². The summed E-state index contributed by atoms with van der Waals surface area (Å²) in [6.45, 7) is 16.9. The van der Waals surface area contributed by atoms with Gasteiger partial charge in [0.2, 0.25) is 0 Å². The molecule has 0 radical (unpaired) electrons. The van der Waals surface area contributed by atoms with Gasteiger partial charge < -0.3 is 17.5 Å². The molecule has 4 aromatic rings. The van der Waals surface area contributed by atoms with Gasteiger partial charge in [0.05, 0.1) is 0 Å². The van der Waals surface area contributed by atoms with Gasteiger partial charge in [0, 0.05) is 0 Å². The van der Waals surface area contributed by atoms with Gasteiger partial charge in [0.1, 0.15) is 0 Å². The van der Waals surface area contributed by atoms with Crippen LogP contribution >= 0.6 is 0 Å². The fourth-order valence-electron chi connectivity index (χ4n) is 4.13. The fraction of sp³-hybridized carbons (Fsp3) is 0.286. The van der Waals surface area contributed by atoms with Crippen LogP contribution in [0.1, 0.15) is 66.5 Å². The predicted octanol–water partition coefficient (Wildman–Crippen LogP) is 6.32. The third kappa shape index (κ3) is 8.89. The van der Waals surface area contributed by atoms with Crippen LogP contribution < -0.4 is 17.5 Å². The van der Waals surface area contributed by atoms with Gasteiger partial charge in [-0.15, -0.1) is 57.1 Å². The van der Waals surface area contributed by atoms with Crippen LogP contribution in [0.4, 0.5) is 0 Å². The van der Waals surface area contributed by atoms with Crippen molar-refractivity contribution in [2.75, 3.05) is 0 Å². The molecule has 0 heterocycles. The fourth-order valence-corrected chi connectivity index (χ4v) is 4.13. The van der Waals surface area contributed by atoms with Crippen LogP contribution in [-0.2, 0) is 37.0 Å². The summed E-state index contributed by atoms with van der Waals surface area (Å²) >= 11 is 0. The monoisotopic (exact) mass is 600 g/mol. The van der Waals surface area contributed by atoms with E-state index in [2.05, 4.69) is 128 Å². The Morgan fingerprint density at radius 1 is 0.763 bits per heavy atom. The summed E-state index contributed by atoms with van der Waals surface area (Å²) in [6.07, 6.45) is 9.10.